The Morgan fingerprint density at radius 2 is 1.44 bits per heavy atom. The summed E-state index contributed by atoms with van der Waals surface area (Å²) in [6.45, 7) is 8.83. The minimum absolute atomic E-state index is 0. The van der Waals surface area contributed by atoms with Crippen LogP contribution in [0.2, 0.25) is 0 Å². The zero-order chi connectivity index (χ0) is 13.3. The summed E-state index contributed by atoms with van der Waals surface area (Å²) in [6.07, 6.45) is 0. The minimum atomic E-state index is -0.0833. The van der Waals surface area contributed by atoms with Gasteiger partial charge in [-0.05, 0) is 0 Å². The molecule has 2 aromatic rings. The smallest absolute Gasteiger partial charge is 0.876 e. The zero-order valence-corrected chi connectivity index (χ0v) is 12.3. The third kappa shape index (κ3) is 11.1. The molecule has 0 unspecified atom stereocenters. The van der Waals surface area contributed by atoms with Crippen LogP contribution in [0.15, 0.2) is 67.1 Å². The molecule has 0 N–H and O–H groups in total. The molecule has 18 heavy (non-hydrogen) atoms. The van der Waals surface area contributed by atoms with Gasteiger partial charge in [0, 0.05) is 0 Å². The summed E-state index contributed by atoms with van der Waals surface area (Å²) in [5, 5.41) is 21.3. The Morgan fingerprint density at radius 3 is 1.89 bits per heavy atom. The Bertz CT molecular complexity index is 422. The molecule has 2 nitrogen and oxygen atoms in total. The molecule has 0 spiro atoms. The number of allylic oxidation sites excluding steroid dienone is 2. The van der Waals surface area contributed by atoms with Gasteiger partial charge >= 0.3 is 21.7 Å². The fourth-order valence-electron chi connectivity index (χ4n) is 1.07. The van der Waals surface area contributed by atoms with Gasteiger partial charge in [0.2, 0.25) is 0 Å². The molecule has 0 amide bonds. The molecule has 2 rings (SSSR count). The van der Waals surface area contributed by atoms with Crippen LogP contribution in [0.5, 0.6) is 0 Å². The molecule has 3 heteroatoms. The Hall–Kier alpha value is -1.38. The van der Waals surface area contributed by atoms with Crippen molar-refractivity contribution in [2.45, 2.75) is 13.8 Å². The van der Waals surface area contributed by atoms with Gasteiger partial charge in [0.25, 0.3) is 0 Å². The van der Waals surface area contributed by atoms with E-state index in [2.05, 4.69) is 55.6 Å². The van der Waals surface area contributed by atoms with Gasteiger partial charge in [-0.1, -0.05) is 19.9 Å². The fraction of sp³-hybridized carbons (Fsp3) is 0.133. The second-order valence-electron chi connectivity index (χ2n) is 3.56. The SMILES string of the molecule is C=C(C)[O-].C=C(C)[O-].[Ti+3].c1ccc2[cH-]ccc2c1. The summed E-state index contributed by atoms with van der Waals surface area (Å²) in [5.41, 5.74) is 0. The summed E-state index contributed by atoms with van der Waals surface area (Å²) in [4.78, 5) is 0. The Kier molecular flexibility index (Phi) is 11.3. The van der Waals surface area contributed by atoms with Crippen LogP contribution in [-0.2, 0) is 21.7 Å². The van der Waals surface area contributed by atoms with Crippen molar-refractivity contribution in [3.05, 3.63) is 67.1 Å². The Morgan fingerprint density at radius 1 is 1.00 bits per heavy atom. The number of benzene rings is 1. The van der Waals surface area contributed by atoms with E-state index in [1.807, 2.05) is 0 Å². The summed E-state index contributed by atoms with van der Waals surface area (Å²) < 4.78 is 0. The summed E-state index contributed by atoms with van der Waals surface area (Å²) >= 11 is 0. The van der Waals surface area contributed by atoms with Gasteiger partial charge in [-0.25, -0.2) is 0 Å². The second kappa shape index (κ2) is 10.8. The van der Waals surface area contributed by atoms with Gasteiger partial charge in [-0.3, -0.25) is 0 Å². The van der Waals surface area contributed by atoms with Gasteiger partial charge in [0.05, 0.1) is 0 Å². The molecule has 0 aliphatic heterocycles. The van der Waals surface area contributed by atoms with Crippen LogP contribution < -0.4 is 10.2 Å². The van der Waals surface area contributed by atoms with Crippen molar-refractivity contribution in [1.82, 2.24) is 0 Å². The molecule has 2 aromatic carbocycles. The van der Waals surface area contributed by atoms with Crippen molar-refractivity contribution < 1.29 is 31.9 Å². The fourth-order valence-corrected chi connectivity index (χ4v) is 1.07. The largest absolute Gasteiger partial charge is 3.00 e. The quantitative estimate of drug-likeness (QED) is 0.421. The first-order valence-electron chi connectivity index (χ1n) is 5.19. The van der Waals surface area contributed by atoms with Gasteiger partial charge in [-0.15, -0.1) is 54.3 Å². The predicted molar refractivity (Wildman–Crippen MR) is 69.2 cm³/mol. The summed E-state index contributed by atoms with van der Waals surface area (Å²) in [6, 6.07) is 14.7. The van der Waals surface area contributed by atoms with E-state index in [1.54, 1.807) is 0 Å². The average Bonchev–Trinajstić information content (AvgIpc) is 2.62. The molecule has 0 aliphatic carbocycles. The molecule has 0 atom stereocenters. The summed E-state index contributed by atoms with van der Waals surface area (Å²) in [7, 11) is 0. The van der Waals surface area contributed by atoms with E-state index in [4.69, 9.17) is 0 Å². The molecule has 93 valence electrons. The third-order valence-corrected chi connectivity index (χ3v) is 1.55. The van der Waals surface area contributed by atoms with Crippen molar-refractivity contribution in [1.29, 1.82) is 0 Å². The third-order valence-electron chi connectivity index (χ3n) is 1.55. The molecule has 0 fully saturated rings. The number of rotatable bonds is 0. The molecule has 1 radical (unpaired) electrons. The Labute approximate surface area is 124 Å². The number of hydrogen-bond donors (Lipinski definition) is 0. The normalized spacial score (nSPS) is 7.89. The number of hydrogen-bond acceptors (Lipinski definition) is 2. The molecular formula is C15H17O2Ti. The maximum Gasteiger partial charge on any atom is 3.00 e. The maximum atomic E-state index is 9.33. The van der Waals surface area contributed by atoms with Crippen LogP contribution in [0.1, 0.15) is 13.8 Å². The van der Waals surface area contributed by atoms with E-state index in [1.165, 1.54) is 24.6 Å². The van der Waals surface area contributed by atoms with Crippen LogP contribution in [0, 0.1) is 0 Å². The average molecular weight is 277 g/mol. The molecule has 0 saturated heterocycles. The molecular weight excluding hydrogens is 260 g/mol. The van der Waals surface area contributed by atoms with Gasteiger partial charge in [0.1, 0.15) is 0 Å². The first kappa shape index (κ1) is 19.0. The standard InChI is InChI=1S/C9H7.2C3H6O.Ti/c1-2-5-9-7-3-6-8(9)4-1;2*1-3(2)4;/h1-7H;2*4H,1H2,2H3;/q-1;;;+3/p-2. The first-order chi connectivity index (χ1) is 7.93. The van der Waals surface area contributed by atoms with Crippen LogP contribution in [0.4, 0.5) is 0 Å². The van der Waals surface area contributed by atoms with E-state index in [0.717, 1.165) is 0 Å². The van der Waals surface area contributed by atoms with Crippen molar-refractivity contribution >= 4 is 10.8 Å². The molecule has 0 saturated carbocycles. The van der Waals surface area contributed by atoms with Crippen molar-refractivity contribution in [2.75, 3.05) is 0 Å². The molecule has 0 bridgehead atoms. The predicted octanol–water partition coefficient (Wildman–Crippen LogP) is 2.32. The van der Waals surface area contributed by atoms with Crippen LogP contribution in [0.25, 0.3) is 10.8 Å². The van der Waals surface area contributed by atoms with Crippen molar-refractivity contribution in [3.63, 3.8) is 0 Å². The van der Waals surface area contributed by atoms with Crippen molar-refractivity contribution in [2.24, 2.45) is 0 Å². The van der Waals surface area contributed by atoms with Gasteiger partial charge in [-0.2, -0.15) is 17.5 Å². The van der Waals surface area contributed by atoms with E-state index >= 15 is 0 Å². The van der Waals surface area contributed by atoms with E-state index in [0.29, 0.717) is 0 Å². The second-order valence-corrected chi connectivity index (χ2v) is 3.56. The van der Waals surface area contributed by atoms with Gasteiger partial charge in [0.15, 0.2) is 0 Å². The topological polar surface area (TPSA) is 46.1 Å². The Balaban J connectivity index is 0. The van der Waals surface area contributed by atoms with Gasteiger partial charge < -0.3 is 10.2 Å². The van der Waals surface area contributed by atoms with Crippen LogP contribution >= 0.6 is 0 Å². The minimum Gasteiger partial charge on any atom is -0.876 e. The van der Waals surface area contributed by atoms with E-state index < -0.39 is 0 Å². The van der Waals surface area contributed by atoms with Crippen LogP contribution in [-0.4, -0.2) is 0 Å². The molecule has 0 aromatic heterocycles. The molecule has 0 heterocycles. The van der Waals surface area contributed by atoms with E-state index in [-0.39, 0.29) is 33.2 Å². The molecule has 0 aliphatic rings. The zero-order valence-electron chi connectivity index (χ0n) is 10.8. The summed E-state index contributed by atoms with van der Waals surface area (Å²) in [5.74, 6) is -0.167. The monoisotopic (exact) mass is 277 g/mol. The maximum absolute atomic E-state index is 9.33. The van der Waals surface area contributed by atoms with E-state index in [9.17, 15) is 10.2 Å². The number of fused-ring (bicyclic) bond motifs is 1. The van der Waals surface area contributed by atoms with Crippen LogP contribution in [0.3, 0.4) is 0 Å². The first-order valence-corrected chi connectivity index (χ1v) is 5.19. The van der Waals surface area contributed by atoms with Crippen molar-refractivity contribution in [3.8, 4) is 0 Å².